The number of aryl methyl sites for hydroxylation is 3. The lowest BCUT2D eigenvalue weighted by Gasteiger charge is -2.43. The van der Waals surface area contributed by atoms with E-state index >= 15 is 0 Å². The molecule has 0 aliphatic carbocycles. The molecule has 0 N–H and O–H groups in total. The highest BCUT2D eigenvalue weighted by molar-refractivity contribution is 6.31. The number of aromatic nitrogens is 2. The average Bonchev–Trinajstić information content (AvgIpc) is 3.29. The summed E-state index contributed by atoms with van der Waals surface area (Å²) in [7, 11) is 3.92. The molecular weight excluding hydrogens is 482 g/mol. The lowest BCUT2D eigenvalue weighted by molar-refractivity contribution is -0.166. The summed E-state index contributed by atoms with van der Waals surface area (Å²) in [5.74, 6) is 0.733. The highest BCUT2D eigenvalue weighted by atomic mass is 35.5. The summed E-state index contributed by atoms with van der Waals surface area (Å²) in [6.45, 7) is 6.32. The predicted molar refractivity (Wildman–Crippen MR) is 137 cm³/mol. The number of ether oxygens (including phenoxy) is 2. The van der Waals surface area contributed by atoms with E-state index in [0.29, 0.717) is 56.4 Å². The third-order valence-corrected chi connectivity index (χ3v) is 7.37. The number of nitrogens with zero attached hydrogens (tertiary/aromatic N) is 5. The maximum atomic E-state index is 13.3. The topological polar surface area (TPSA) is 80.1 Å². The number of carbonyl (C=O) groups excluding carboxylic acids is 2. The maximum absolute atomic E-state index is 13.3. The Hall–Kier alpha value is -2.62. The molecule has 0 spiro atoms. The largest absolute Gasteiger partial charge is 0.490 e. The second kappa shape index (κ2) is 11.6. The Bertz CT molecular complexity index is 1070. The molecule has 2 aliphatic heterocycles. The summed E-state index contributed by atoms with van der Waals surface area (Å²) in [6.07, 6.45) is 4.87. The van der Waals surface area contributed by atoms with Crippen LogP contribution >= 0.6 is 11.6 Å². The van der Waals surface area contributed by atoms with Crippen LogP contribution in [-0.2, 0) is 27.8 Å². The monoisotopic (exact) mass is 517 g/mol. The zero-order valence-electron chi connectivity index (χ0n) is 21.4. The van der Waals surface area contributed by atoms with Crippen LogP contribution in [0.4, 0.5) is 0 Å². The van der Waals surface area contributed by atoms with E-state index in [1.54, 1.807) is 16.9 Å². The first-order valence-corrected chi connectivity index (χ1v) is 12.9. The lowest BCUT2D eigenvalue weighted by Crippen LogP contribution is -2.59. The van der Waals surface area contributed by atoms with Gasteiger partial charge >= 0.3 is 0 Å². The molecule has 4 rings (SSSR count). The standard InChI is InChI=1S/C26H36ClN5O4/c1-20-14-22(5-6-23(20)27)35-19-26(15-25(34)31-10-8-29(2)9-11-31)18-32(12-13-36-26)24(33)7-4-21-16-28-30(3)17-21/h5-6,14,16-17H,4,7-13,15,18-19H2,1-3H3. The lowest BCUT2D eigenvalue weighted by atomic mass is 9.96. The number of amides is 2. The van der Waals surface area contributed by atoms with Crippen molar-refractivity contribution in [2.24, 2.45) is 7.05 Å². The van der Waals surface area contributed by atoms with Crippen LogP contribution in [0.1, 0.15) is 24.0 Å². The van der Waals surface area contributed by atoms with Gasteiger partial charge in [0.15, 0.2) is 0 Å². The van der Waals surface area contributed by atoms with Gasteiger partial charge in [-0.2, -0.15) is 5.10 Å². The molecule has 1 aromatic heterocycles. The van der Waals surface area contributed by atoms with Gasteiger partial charge in [0.05, 0.1) is 25.8 Å². The number of halogens is 1. The van der Waals surface area contributed by atoms with Crippen molar-refractivity contribution in [1.82, 2.24) is 24.5 Å². The van der Waals surface area contributed by atoms with Gasteiger partial charge in [0, 0.05) is 57.4 Å². The smallest absolute Gasteiger partial charge is 0.225 e. The molecule has 10 heteroatoms. The van der Waals surface area contributed by atoms with Crippen LogP contribution in [0.2, 0.25) is 5.02 Å². The Labute approximate surface area is 217 Å². The molecule has 36 heavy (non-hydrogen) atoms. The van der Waals surface area contributed by atoms with E-state index in [0.717, 1.165) is 24.2 Å². The van der Waals surface area contributed by atoms with Gasteiger partial charge in [0.1, 0.15) is 18.0 Å². The van der Waals surface area contributed by atoms with Gasteiger partial charge in [0.25, 0.3) is 0 Å². The van der Waals surface area contributed by atoms with Gasteiger partial charge in [-0.3, -0.25) is 14.3 Å². The van der Waals surface area contributed by atoms with Crippen LogP contribution in [0.15, 0.2) is 30.6 Å². The zero-order chi connectivity index (χ0) is 25.7. The Balaban J connectivity index is 1.45. The predicted octanol–water partition coefficient (Wildman–Crippen LogP) is 2.16. The molecule has 196 valence electrons. The number of carbonyl (C=O) groups is 2. The summed E-state index contributed by atoms with van der Waals surface area (Å²) in [5.41, 5.74) is 1.02. The number of hydrogen-bond acceptors (Lipinski definition) is 6. The number of benzene rings is 1. The highest BCUT2D eigenvalue weighted by Crippen LogP contribution is 2.28. The van der Waals surface area contributed by atoms with Gasteiger partial charge in [-0.25, -0.2) is 0 Å². The second-order valence-corrected chi connectivity index (χ2v) is 10.3. The van der Waals surface area contributed by atoms with Crippen LogP contribution in [0.3, 0.4) is 0 Å². The van der Waals surface area contributed by atoms with Crippen LogP contribution in [-0.4, -0.2) is 101 Å². The molecule has 2 amide bonds. The minimum absolute atomic E-state index is 0.0312. The minimum atomic E-state index is -0.920. The first kappa shape index (κ1) is 26.4. The Morgan fingerprint density at radius 3 is 2.58 bits per heavy atom. The van der Waals surface area contributed by atoms with E-state index in [-0.39, 0.29) is 24.8 Å². The number of likely N-dealkylation sites (N-methyl/N-ethyl adjacent to an activating group) is 1. The maximum Gasteiger partial charge on any atom is 0.225 e. The SMILES string of the molecule is Cc1cc(OCC2(CC(=O)N3CCN(C)CC3)CN(C(=O)CCc3cnn(C)c3)CCO2)ccc1Cl. The molecule has 1 atom stereocenters. The van der Waals surface area contributed by atoms with Crippen LogP contribution in [0.25, 0.3) is 0 Å². The van der Waals surface area contributed by atoms with Gasteiger partial charge in [-0.15, -0.1) is 0 Å². The Morgan fingerprint density at radius 1 is 1.11 bits per heavy atom. The van der Waals surface area contributed by atoms with Crippen molar-refractivity contribution < 1.29 is 19.1 Å². The molecule has 1 aromatic carbocycles. The average molecular weight is 518 g/mol. The van der Waals surface area contributed by atoms with Crippen LogP contribution < -0.4 is 4.74 Å². The molecule has 2 aromatic rings. The molecule has 9 nitrogen and oxygen atoms in total. The molecular formula is C26H36ClN5O4. The van der Waals surface area contributed by atoms with Gasteiger partial charge < -0.3 is 24.2 Å². The third-order valence-electron chi connectivity index (χ3n) is 6.95. The molecule has 2 saturated heterocycles. The summed E-state index contributed by atoms with van der Waals surface area (Å²) < 4.78 is 14.1. The molecule has 2 aliphatic rings. The van der Waals surface area contributed by atoms with E-state index < -0.39 is 5.60 Å². The summed E-state index contributed by atoms with van der Waals surface area (Å²) in [5, 5.41) is 4.85. The molecule has 1 unspecified atom stereocenters. The second-order valence-electron chi connectivity index (χ2n) is 9.93. The highest BCUT2D eigenvalue weighted by Gasteiger charge is 2.42. The molecule has 0 bridgehead atoms. The first-order chi connectivity index (χ1) is 17.2. The van der Waals surface area contributed by atoms with E-state index in [4.69, 9.17) is 21.1 Å². The quantitative estimate of drug-likeness (QED) is 0.534. The Morgan fingerprint density at radius 2 is 1.89 bits per heavy atom. The first-order valence-electron chi connectivity index (χ1n) is 12.5. The van der Waals surface area contributed by atoms with E-state index in [9.17, 15) is 9.59 Å². The van der Waals surface area contributed by atoms with E-state index in [1.165, 1.54) is 0 Å². The van der Waals surface area contributed by atoms with Crippen molar-refractivity contribution in [2.45, 2.75) is 31.8 Å². The zero-order valence-corrected chi connectivity index (χ0v) is 22.2. The van der Waals surface area contributed by atoms with Crippen molar-refractivity contribution in [1.29, 1.82) is 0 Å². The third kappa shape index (κ3) is 6.78. The number of morpholine rings is 1. The van der Waals surface area contributed by atoms with Crippen molar-refractivity contribution in [3.05, 3.63) is 46.7 Å². The normalized spacial score (nSPS) is 21.0. The van der Waals surface area contributed by atoms with Crippen molar-refractivity contribution in [2.75, 3.05) is 59.5 Å². The van der Waals surface area contributed by atoms with Crippen molar-refractivity contribution in [3.63, 3.8) is 0 Å². The van der Waals surface area contributed by atoms with Crippen LogP contribution in [0, 0.1) is 6.92 Å². The fourth-order valence-electron chi connectivity index (χ4n) is 4.68. The number of rotatable bonds is 8. The minimum Gasteiger partial charge on any atom is -0.490 e. The molecule has 0 saturated carbocycles. The summed E-state index contributed by atoms with van der Waals surface area (Å²) in [4.78, 5) is 32.4. The van der Waals surface area contributed by atoms with E-state index in [1.807, 2.05) is 42.1 Å². The van der Waals surface area contributed by atoms with Crippen molar-refractivity contribution in [3.8, 4) is 5.75 Å². The number of piperazine rings is 1. The van der Waals surface area contributed by atoms with Gasteiger partial charge in [-0.1, -0.05) is 11.6 Å². The molecule has 3 heterocycles. The van der Waals surface area contributed by atoms with Crippen LogP contribution in [0.5, 0.6) is 5.75 Å². The molecule has 2 fully saturated rings. The fourth-order valence-corrected chi connectivity index (χ4v) is 4.80. The van der Waals surface area contributed by atoms with E-state index in [2.05, 4.69) is 17.0 Å². The number of hydrogen-bond donors (Lipinski definition) is 0. The fraction of sp³-hybridized carbons (Fsp3) is 0.577. The van der Waals surface area contributed by atoms with Gasteiger partial charge in [0.2, 0.25) is 11.8 Å². The van der Waals surface area contributed by atoms with Gasteiger partial charge in [-0.05, 0) is 49.7 Å². The molecule has 0 radical (unpaired) electrons. The Kier molecular flexibility index (Phi) is 8.54. The summed E-state index contributed by atoms with van der Waals surface area (Å²) in [6, 6.07) is 5.48. The summed E-state index contributed by atoms with van der Waals surface area (Å²) >= 11 is 6.17. The van der Waals surface area contributed by atoms with Crippen molar-refractivity contribution >= 4 is 23.4 Å².